The van der Waals surface area contributed by atoms with E-state index < -0.39 is 0 Å². The summed E-state index contributed by atoms with van der Waals surface area (Å²) in [4.78, 5) is 5.65. The van der Waals surface area contributed by atoms with Crippen LogP contribution < -0.4 is 0 Å². The van der Waals surface area contributed by atoms with Gasteiger partial charge < -0.3 is 0 Å². The third-order valence-corrected chi connectivity index (χ3v) is 5.27. The number of fused-ring (bicyclic) bond motifs is 2. The SMILES string of the molecule is IC1c2cnccc2CSc2ccccc21. The third-order valence-electron chi connectivity index (χ3n) is 2.79. The van der Waals surface area contributed by atoms with Crippen LogP contribution in [-0.4, -0.2) is 4.98 Å². The Morgan fingerprint density at radius 1 is 1.19 bits per heavy atom. The van der Waals surface area contributed by atoms with Gasteiger partial charge in [0.2, 0.25) is 0 Å². The van der Waals surface area contributed by atoms with Crippen molar-refractivity contribution in [3.8, 4) is 0 Å². The van der Waals surface area contributed by atoms with E-state index >= 15 is 0 Å². The van der Waals surface area contributed by atoms with Gasteiger partial charge in [-0.1, -0.05) is 40.8 Å². The lowest BCUT2D eigenvalue weighted by atomic mass is 10.0. The van der Waals surface area contributed by atoms with Crippen LogP contribution >= 0.6 is 34.4 Å². The number of hydrogen-bond donors (Lipinski definition) is 0. The van der Waals surface area contributed by atoms with Crippen LogP contribution in [0.2, 0.25) is 0 Å². The Morgan fingerprint density at radius 3 is 3.00 bits per heavy atom. The van der Waals surface area contributed by atoms with Crippen LogP contribution in [0.3, 0.4) is 0 Å². The second-order valence-corrected chi connectivity index (χ2v) is 6.03. The molecule has 0 amide bonds. The molecule has 0 aliphatic carbocycles. The summed E-state index contributed by atoms with van der Waals surface area (Å²) in [5, 5.41) is 0. The van der Waals surface area contributed by atoms with Crippen molar-refractivity contribution in [1.82, 2.24) is 4.98 Å². The lowest BCUT2D eigenvalue weighted by Gasteiger charge is -2.12. The smallest absolute Gasteiger partial charge is 0.0637 e. The number of alkyl halides is 1. The van der Waals surface area contributed by atoms with E-state index in [1.165, 1.54) is 21.6 Å². The maximum absolute atomic E-state index is 4.25. The van der Waals surface area contributed by atoms with E-state index in [1.54, 1.807) is 0 Å². The molecular weight excluding hydrogens is 329 g/mol. The molecule has 0 bridgehead atoms. The normalized spacial score (nSPS) is 18.4. The first kappa shape index (κ1) is 10.6. The number of pyridine rings is 1. The largest absolute Gasteiger partial charge is 0.264 e. The van der Waals surface area contributed by atoms with Gasteiger partial charge in [0.1, 0.15) is 0 Å². The molecule has 0 N–H and O–H groups in total. The molecule has 0 saturated heterocycles. The number of aromatic nitrogens is 1. The second-order valence-electron chi connectivity index (χ2n) is 3.76. The molecule has 0 radical (unpaired) electrons. The molecule has 1 nitrogen and oxygen atoms in total. The van der Waals surface area contributed by atoms with Crippen molar-refractivity contribution in [2.75, 3.05) is 0 Å². The Hall–Kier alpha value is -0.550. The standard InChI is InChI=1S/C13H10INS/c14-13-10-3-1-2-4-12(10)16-8-9-5-6-15-7-11(9)13/h1-7,13H,8H2. The minimum absolute atomic E-state index is 0.424. The second kappa shape index (κ2) is 4.37. The predicted molar refractivity (Wildman–Crippen MR) is 76.1 cm³/mol. The highest BCUT2D eigenvalue weighted by Crippen LogP contribution is 2.43. The molecule has 3 heteroatoms. The summed E-state index contributed by atoms with van der Waals surface area (Å²) in [6, 6.07) is 10.8. The molecule has 3 rings (SSSR count). The number of halogens is 1. The molecule has 16 heavy (non-hydrogen) atoms. The van der Waals surface area contributed by atoms with Gasteiger partial charge in [0.15, 0.2) is 0 Å². The number of nitrogens with zero attached hydrogens (tertiary/aromatic N) is 1. The fourth-order valence-electron chi connectivity index (χ4n) is 1.94. The maximum atomic E-state index is 4.25. The molecule has 1 aliphatic heterocycles. The minimum atomic E-state index is 0.424. The van der Waals surface area contributed by atoms with E-state index in [-0.39, 0.29) is 0 Å². The van der Waals surface area contributed by atoms with Gasteiger partial charge in [-0.15, -0.1) is 11.8 Å². The Morgan fingerprint density at radius 2 is 2.06 bits per heavy atom. The van der Waals surface area contributed by atoms with E-state index in [0.717, 1.165) is 5.75 Å². The monoisotopic (exact) mass is 339 g/mol. The summed E-state index contributed by atoms with van der Waals surface area (Å²) in [5.41, 5.74) is 4.19. The van der Waals surface area contributed by atoms with Crippen LogP contribution in [0.15, 0.2) is 47.6 Å². The lowest BCUT2D eigenvalue weighted by Crippen LogP contribution is -1.96. The third kappa shape index (κ3) is 1.76. The van der Waals surface area contributed by atoms with Gasteiger partial charge >= 0.3 is 0 Å². The van der Waals surface area contributed by atoms with E-state index in [1.807, 2.05) is 24.2 Å². The van der Waals surface area contributed by atoms with Crippen molar-refractivity contribution in [2.24, 2.45) is 0 Å². The summed E-state index contributed by atoms with van der Waals surface area (Å²) in [5.74, 6) is 1.05. The average molecular weight is 339 g/mol. The molecule has 2 heterocycles. The molecule has 0 spiro atoms. The van der Waals surface area contributed by atoms with Crippen molar-refractivity contribution < 1.29 is 0 Å². The van der Waals surface area contributed by atoms with Crippen LogP contribution in [0.5, 0.6) is 0 Å². The topological polar surface area (TPSA) is 12.9 Å². The molecule has 1 aromatic heterocycles. The van der Waals surface area contributed by atoms with Crippen LogP contribution in [0.4, 0.5) is 0 Å². The van der Waals surface area contributed by atoms with E-state index in [9.17, 15) is 0 Å². The zero-order chi connectivity index (χ0) is 11.0. The fraction of sp³-hybridized carbons (Fsp3) is 0.154. The molecule has 1 atom stereocenters. The summed E-state index contributed by atoms with van der Waals surface area (Å²) >= 11 is 4.43. The highest BCUT2D eigenvalue weighted by molar-refractivity contribution is 14.1. The van der Waals surface area contributed by atoms with Crippen molar-refractivity contribution in [2.45, 2.75) is 14.6 Å². The van der Waals surface area contributed by atoms with Crippen LogP contribution in [-0.2, 0) is 5.75 Å². The number of rotatable bonds is 0. The van der Waals surface area contributed by atoms with Gasteiger partial charge in [-0.25, -0.2) is 0 Å². The summed E-state index contributed by atoms with van der Waals surface area (Å²) < 4.78 is 0.424. The first-order valence-electron chi connectivity index (χ1n) is 5.15. The molecule has 1 unspecified atom stereocenters. The fourth-order valence-corrected chi connectivity index (χ4v) is 4.36. The quantitative estimate of drug-likeness (QED) is 0.527. The number of hydrogen-bond acceptors (Lipinski definition) is 2. The van der Waals surface area contributed by atoms with Crippen molar-refractivity contribution in [1.29, 1.82) is 0 Å². The molecule has 1 aliphatic rings. The summed E-state index contributed by atoms with van der Waals surface area (Å²) in [7, 11) is 0. The maximum Gasteiger partial charge on any atom is 0.0637 e. The van der Waals surface area contributed by atoms with Gasteiger partial charge in [-0.2, -0.15) is 0 Å². The van der Waals surface area contributed by atoms with Crippen molar-refractivity contribution in [3.63, 3.8) is 0 Å². The molecule has 0 saturated carbocycles. The highest BCUT2D eigenvalue weighted by Gasteiger charge is 2.21. The van der Waals surface area contributed by atoms with Crippen molar-refractivity contribution in [3.05, 3.63) is 59.4 Å². The van der Waals surface area contributed by atoms with Crippen LogP contribution in [0.1, 0.15) is 20.6 Å². The molecule has 80 valence electrons. The van der Waals surface area contributed by atoms with Gasteiger partial charge in [-0.05, 0) is 28.8 Å². The van der Waals surface area contributed by atoms with Gasteiger partial charge in [0, 0.05) is 23.0 Å². The average Bonchev–Trinajstić information content (AvgIpc) is 2.49. The number of benzene rings is 1. The Balaban J connectivity index is 2.18. The van der Waals surface area contributed by atoms with E-state index in [2.05, 4.69) is 57.9 Å². The Bertz CT molecular complexity index is 479. The first-order chi connectivity index (χ1) is 7.86. The van der Waals surface area contributed by atoms with Crippen LogP contribution in [0, 0.1) is 0 Å². The van der Waals surface area contributed by atoms with Gasteiger partial charge in [0.25, 0.3) is 0 Å². The van der Waals surface area contributed by atoms with Gasteiger partial charge in [-0.3, -0.25) is 4.98 Å². The zero-order valence-electron chi connectivity index (χ0n) is 8.56. The summed E-state index contributed by atoms with van der Waals surface area (Å²) in [6.45, 7) is 0. The molecule has 2 aromatic rings. The minimum Gasteiger partial charge on any atom is -0.264 e. The lowest BCUT2D eigenvalue weighted by molar-refractivity contribution is 1.09. The van der Waals surface area contributed by atoms with Crippen molar-refractivity contribution >= 4 is 34.4 Å². The predicted octanol–water partition coefficient (Wildman–Crippen LogP) is 4.21. The Labute approximate surface area is 113 Å². The van der Waals surface area contributed by atoms with Gasteiger partial charge in [0.05, 0.1) is 3.92 Å². The molecular formula is C13H10INS. The number of thioether (sulfide) groups is 1. The highest BCUT2D eigenvalue weighted by atomic mass is 127. The summed E-state index contributed by atoms with van der Waals surface area (Å²) in [6.07, 6.45) is 3.90. The van der Waals surface area contributed by atoms with E-state index in [4.69, 9.17) is 0 Å². The Kier molecular flexibility index (Phi) is 2.90. The van der Waals surface area contributed by atoms with E-state index in [0.29, 0.717) is 3.92 Å². The zero-order valence-corrected chi connectivity index (χ0v) is 11.5. The molecule has 0 fully saturated rings. The first-order valence-corrected chi connectivity index (χ1v) is 7.38. The molecule has 1 aromatic carbocycles. The van der Waals surface area contributed by atoms with Crippen LogP contribution in [0.25, 0.3) is 0 Å².